The van der Waals surface area contributed by atoms with Crippen LogP contribution in [-0.2, 0) is 9.59 Å². The number of anilines is 1. The Kier molecular flexibility index (Phi) is 5.13. The SMILES string of the molecule is COc1ccccc1NC(=O)C(C)NC(=O)C(C)(C)C. The standard InChI is InChI=1S/C15H22N2O3/c1-10(16-14(19)15(2,3)4)13(18)17-11-8-6-7-9-12(11)20-5/h6-10H,1-5H3,(H,16,19)(H,17,18). The third-order valence-corrected chi connectivity index (χ3v) is 2.79. The van der Waals surface area contributed by atoms with Crippen molar-refractivity contribution in [1.29, 1.82) is 0 Å². The van der Waals surface area contributed by atoms with Crippen LogP contribution in [0.4, 0.5) is 5.69 Å². The van der Waals surface area contributed by atoms with Gasteiger partial charge in [-0.1, -0.05) is 32.9 Å². The molecule has 5 heteroatoms. The van der Waals surface area contributed by atoms with Crippen molar-refractivity contribution in [3.05, 3.63) is 24.3 Å². The molecule has 1 rings (SSSR count). The van der Waals surface area contributed by atoms with Gasteiger partial charge >= 0.3 is 0 Å². The summed E-state index contributed by atoms with van der Waals surface area (Å²) in [6, 6.07) is 6.51. The Morgan fingerprint density at radius 1 is 1.20 bits per heavy atom. The summed E-state index contributed by atoms with van der Waals surface area (Å²) in [7, 11) is 1.54. The lowest BCUT2D eigenvalue weighted by Gasteiger charge is -2.21. The molecule has 0 spiro atoms. The summed E-state index contributed by atoms with van der Waals surface area (Å²) in [4.78, 5) is 23.9. The van der Waals surface area contributed by atoms with Gasteiger partial charge in [-0.05, 0) is 19.1 Å². The van der Waals surface area contributed by atoms with Crippen molar-refractivity contribution in [2.75, 3.05) is 12.4 Å². The number of methoxy groups -OCH3 is 1. The van der Waals surface area contributed by atoms with Crippen molar-refractivity contribution in [3.8, 4) is 5.75 Å². The normalized spacial score (nSPS) is 12.4. The van der Waals surface area contributed by atoms with Crippen LogP contribution in [0.25, 0.3) is 0 Å². The van der Waals surface area contributed by atoms with Crippen molar-refractivity contribution in [2.24, 2.45) is 5.41 Å². The predicted octanol–water partition coefficient (Wildman–Crippen LogP) is 2.18. The highest BCUT2D eigenvalue weighted by Crippen LogP contribution is 2.23. The average molecular weight is 278 g/mol. The van der Waals surface area contributed by atoms with Crippen molar-refractivity contribution < 1.29 is 14.3 Å². The third kappa shape index (κ3) is 4.26. The Balaban J connectivity index is 2.69. The second-order valence-electron chi connectivity index (χ2n) is 5.63. The molecule has 0 saturated carbocycles. The molecule has 1 unspecified atom stereocenters. The Morgan fingerprint density at radius 2 is 1.80 bits per heavy atom. The third-order valence-electron chi connectivity index (χ3n) is 2.79. The number of amides is 2. The molecule has 5 nitrogen and oxygen atoms in total. The number of nitrogens with one attached hydrogen (secondary N) is 2. The molecular formula is C15H22N2O3. The van der Waals surface area contributed by atoms with E-state index in [4.69, 9.17) is 4.74 Å². The number of carbonyl (C=O) groups is 2. The topological polar surface area (TPSA) is 67.4 Å². The molecule has 2 N–H and O–H groups in total. The fourth-order valence-electron chi connectivity index (χ4n) is 1.47. The number of hydrogen-bond acceptors (Lipinski definition) is 3. The quantitative estimate of drug-likeness (QED) is 0.887. The van der Waals surface area contributed by atoms with Crippen LogP contribution in [-0.4, -0.2) is 25.0 Å². The molecule has 0 aromatic heterocycles. The summed E-state index contributed by atoms with van der Waals surface area (Å²) < 4.78 is 5.16. The summed E-state index contributed by atoms with van der Waals surface area (Å²) in [5.41, 5.74) is 0.0516. The van der Waals surface area contributed by atoms with Gasteiger partial charge in [0, 0.05) is 5.41 Å². The maximum absolute atomic E-state index is 12.1. The fraction of sp³-hybridized carbons (Fsp3) is 0.467. The molecule has 1 atom stereocenters. The highest BCUT2D eigenvalue weighted by atomic mass is 16.5. The molecular weight excluding hydrogens is 256 g/mol. The second-order valence-corrected chi connectivity index (χ2v) is 5.63. The smallest absolute Gasteiger partial charge is 0.246 e. The van der Waals surface area contributed by atoms with Crippen LogP contribution in [0.5, 0.6) is 5.75 Å². The van der Waals surface area contributed by atoms with Crippen LogP contribution in [0.2, 0.25) is 0 Å². The van der Waals surface area contributed by atoms with E-state index in [2.05, 4.69) is 10.6 Å². The summed E-state index contributed by atoms with van der Waals surface area (Å²) >= 11 is 0. The van der Waals surface area contributed by atoms with E-state index in [9.17, 15) is 9.59 Å². The first-order valence-electron chi connectivity index (χ1n) is 6.50. The van der Waals surface area contributed by atoms with Crippen LogP contribution in [0.15, 0.2) is 24.3 Å². The molecule has 0 aliphatic carbocycles. The summed E-state index contributed by atoms with van der Waals surface area (Å²) in [6.45, 7) is 7.04. The van der Waals surface area contributed by atoms with E-state index in [1.165, 1.54) is 7.11 Å². The summed E-state index contributed by atoms with van der Waals surface area (Å²) in [6.07, 6.45) is 0. The van der Waals surface area contributed by atoms with Crippen molar-refractivity contribution in [1.82, 2.24) is 5.32 Å². The van der Waals surface area contributed by atoms with Crippen molar-refractivity contribution in [2.45, 2.75) is 33.7 Å². The Labute approximate surface area is 119 Å². The molecule has 0 heterocycles. The number of benzene rings is 1. The van der Waals surface area contributed by atoms with E-state index >= 15 is 0 Å². The van der Waals surface area contributed by atoms with Gasteiger partial charge in [0.2, 0.25) is 11.8 Å². The van der Waals surface area contributed by atoms with E-state index in [1.54, 1.807) is 45.9 Å². The lowest BCUT2D eigenvalue weighted by Crippen LogP contribution is -2.46. The van der Waals surface area contributed by atoms with Crippen LogP contribution in [0, 0.1) is 5.41 Å². The number of rotatable bonds is 4. The zero-order valence-corrected chi connectivity index (χ0v) is 12.6. The second kappa shape index (κ2) is 6.41. The number of carbonyl (C=O) groups excluding carboxylic acids is 2. The lowest BCUT2D eigenvalue weighted by atomic mass is 9.95. The van der Waals surface area contributed by atoms with Crippen LogP contribution in [0.3, 0.4) is 0 Å². The first-order chi connectivity index (χ1) is 9.25. The maximum Gasteiger partial charge on any atom is 0.246 e. The molecule has 0 bridgehead atoms. The minimum atomic E-state index is -0.619. The Hall–Kier alpha value is -2.04. The number of ether oxygens (including phenoxy) is 1. The van der Waals surface area contributed by atoms with Gasteiger partial charge < -0.3 is 15.4 Å². The average Bonchev–Trinajstić information content (AvgIpc) is 2.38. The lowest BCUT2D eigenvalue weighted by molar-refractivity contribution is -0.131. The maximum atomic E-state index is 12.1. The molecule has 110 valence electrons. The first kappa shape index (κ1) is 16.0. The molecule has 0 aliphatic rings. The van der Waals surface area contributed by atoms with Gasteiger partial charge in [-0.2, -0.15) is 0 Å². The molecule has 0 aliphatic heterocycles. The summed E-state index contributed by atoms with van der Waals surface area (Å²) in [5.74, 6) is 0.127. The zero-order valence-electron chi connectivity index (χ0n) is 12.6. The van der Waals surface area contributed by atoms with Gasteiger partial charge in [0.25, 0.3) is 0 Å². The first-order valence-corrected chi connectivity index (χ1v) is 6.50. The Bertz CT molecular complexity index is 492. The van der Waals surface area contributed by atoms with Gasteiger partial charge in [0.05, 0.1) is 12.8 Å². The highest BCUT2D eigenvalue weighted by Gasteiger charge is 2.25. The van der Waals surface area contributed by atoms with Gasteiger partial charge in [-0.15, -0.1) is 0 Å². The van der Waals surface area contributed by atoms with E-state index in [-0.39, 0.29) is 11.8 Å². The van der Waals surface area contributed by atoms with Crippen LogP contribution in [0.1, 0.15) is 27.7 Å². The number of hydrogen-bond donors (Lipinski definition) is 2. The molecule has 20 heavy (non-hydrogen) atoms. The molecule has 0 radical (unpaired) electrons. The number of para-hydroxylation sites is 2. The molecule has 2 amide bonds. The van der Waals surface area contributed by atoms with Crippen molar-refractivity contribution in [3.63, 3.8) is 0 Å². The highest BCUT2D eigenvalue weighted by molar-refractivity contribution is 5.98. The Morgan fingerprint density at radius 3 is 2.35 bits per heavy atom. The van der Waals surface area contributed by atoms with Crippen LogP contribution < -0.4 is 15.4 Å². The van der Waals surface area contributed by atoms with Gasteiger partial charge in [0.1, 0.15) is 11.8 Å². The minimum Gasteiger partial charge on any atom is -0.495 e. The van der Waals surface area contributed by atoms with Crippen LogP contribution >= 0.6 is 0 Å². The van der Waals surface area contributed by atoms with Gasteiger partial charge in [-0.25, -0.2) is 0 Å². The largest absolute Gasteiger partial charge is 0.495 e. The predicted molar refractivity (Wildman–Crippen MR) is 78.7 cm³/mol. The van der Waals surface area contributed by atoms with Crippen molar-refractivity contribution >= 4 is 17.5 Å². The minimum absolute atomic E-state index is 0.167. The molecule has 1 aromatic rings. The monoisotopic (exact) mass is 278 g/mol. The zero-order chi connectivity index (χ0) is 15.3. The van der Waals surface area contributed by atoms with E-state index < -0.39 is 11.5 Å². The fourth-order valence-corrected chi connectivity index (χ4v) is 1.47. The summed E-state index contributed by atoms with van der Waals surface area (Å²) in [5, 5.41) is 5.42. The van der Waals surface area contributed by atoms with E-state index in [1.807, 2.05) is 6.07 Å². The van der Waals surface area contributed by atoms with Gasteiger partial charge in [-0.3, -0.25) is 9.59 Å². The molecule has 0 saturated heterocycles. The van der Waals surface area contributed by atoms with E-state index in [0.717, 1.165) is 0 Å². The van der Waals surface area contributed by atoms with Gasteiger partial charge in [0.15, 0.2) is 0 Å². The molecule has 0 fully saturated rings. The van der Waals surface area contributed by atoms with E-state index in [0.29, 0.717) is 11.4 Å². The molecule has 1 aromatic carbocycles.